The van der Waals surface area contributed by atoms with Crippen LogP contribution in [0.1, 0.15) is 109 Å². The van der Waals surface area contributed by atoms with E-state index < -0.39 is 11.6 Å². The predicted octanol–water partition coefficient (Wildman–Crippen LogP) is 6.74. The zero-order valence-electron chi connectivity index (χ0n) is 25.1. The van der Waals surface area contributed by atoms with Gasteiger partial charge in [0.2, 0.25) is 0 Å². The van der Waals surface area contributed by atoms with E-state index in [9.17, 15) is 19.8 Å². The van der Waals surface area contributed by atoms with Crippen LogP contribution in [-0.4, -0.2) is 32.6 Å². The summed E-state index contributed by atoms with van der Waals surface area (Å²) in [4.78, 5) is 27.8. The average molecular weight is 523 g/mol. The van der Waals surface area contributed by atoms with Crippen LogP contribution in [0.4, 0.5) is 4.79 Å². The van der Waals surface area contributed by atoms with Crippen LogP contribution >= 0.6 is 0 Å². The molecule has 208 valence electrons. The predicted molar refractivity (Wildman–Crippen MR) is 153 cm³/mol. The number of urea groups is 1. The lowest BCUT2D eigenvalue weighted by Crippen LogP contribution is -2.44. The molecule has 0 radical (unpaired) electrons. The molecule has 0 aromatic heterocycles. The van der Waals surface area contributed by atoms with Crippen LogP contribution in [0.5, 0.6) is 11.5 Å². The first-order valence-corrected chi connectivity index (χ1v) is 13.5. The maximum absolute atomic E-state index is 13.6. The summed E-state index contributed by atoms with van der Waals surface area (Å²) in [6.07, 6.45) is 1.02. The zero-order chi connectivity index (χ0) is 29.0. The molecule has 2 aromatic rings. The summed E-state index contributed by atoms with van der Waals surface area (Å²) >= 11 is 0. The highest BCUT2D eigenvalue weighted by Crippen LogP contribution is 2.40. The summed E-state index contributed by atoms with van der Waals surface area (Å²) in [5, 5.41) is 24.5. The minimum Gasteiger partial charge on any atom is -0.507 e. The Morgan fingerprint density at radius 2 is 1.21 bits per heavy atom. The van der Waals surface area contributed by atoms with Gasteiger partial charge in [0.15, 0.2) is 0 Å². The van der Waals surface area contributed by atoms with Gasteiger partial charge in [-0.3, -0.25) is 9.69 Å². The molecule has 1 unspecified atom stereocenters. The van der Waals surface area contributed by atoms with Crippen LogP contribution < -0.4 is 5.32 Å². The molecule has 0 bridgehead atoms. The number of aromatic hydroxyl groups is 2. The fraction of sp³-hybridized carbons (Fsp3) is 0.562. The SMILES string of the molecule is Cc1cc(CN2C(=O)NC(C)(CCc3cc(C(C)(C)C)c(O)c(C(C)(C)C)c3)C2=O)cc(C(C)(C)C)c1O. The Morgan fingerprint density at radius 3 is 1.68 bits per heavy atom. The van der Waals surface area contributed by atoms with Gasteiger partial charge in [-0.25, -0.2) is 4.79 Å². The van der Waals surface area contributed by atoms with Gasteiger partial charge in [-0.05, 0) is 82.4 Å². The molecule has 3 rings (SSSR count). The van der Waals surface area contributed by atoms with E-state index in [0.29, 0.717) is 18.6 Å². The number of hydrogen-bond acceptors (Lipinski definition) is 4. The minimum absolute atomic E-state index is 0.145. The first kappa shape index (κ1) is 29.5. The van der Waals surface area contributed by atoms with E-state index >= 15 is 0 Å². The van der Waals surface area contributed by atoms with Crippen molar-refractivity contribution in [3.8, 4) is 11.5 Å². The van der Waals surface area contributed by atoms with Gasteiger partial charge in [-0.15, -0.1) is 0 Å². The summed E-state index contributed by atoms with van der Waals surface area (Å²) in [5.74, 6) is 0.327. The number of phenols is 2. The maximum Gasteiger partial charge on any atom is 0.325 e. The van der Waals surface area contributed by atoms with Crippen LogP contribution in [0, 0.1) is 6.92 Å². The van der Waals surface area contributed by atoms with Crippen LogP contribution in [0.15, 0.2) is 24.3 Å². The van der Waals surface area contributed by atoms with Crippen molar-refractivity contribution in [2.75, 3.05) is 0 Å². The standard InChI is InChI=1S/C32H46N2O4/c1-19-14-21(17-22(25(19)35)29(2,3)4)18-34-27(37)32(11,33-28(34)38)13-12-20-15-23(30(5,6)7)26(36)24(16-20)31(8,9)10/h14-17,35-36H,12-13,18H2,1-11H3,(H,33,38). The molecule has 38 heavy (non-hydrogen) atoms. The number of nitrogens with one attached hydrogen (secondary N) is 1. The van der Waals surface area contributed by atoms with E-state index in [-0.39, 0.29) is 34.4 Å². The van der Waals surface area contributed by atoms with Gasteiger partial charge in [0.05, 0.1) is 6.54 Å². The Morgan fingerprint density at radius 1 is 0.763 bits per heavy atom. The molecule has 0 saturated carbocycles. The number of phenolic OH excluding ortho intramolecular Hbond substituents is 2. The molecule has 1 aliphatic rings. The second-order valence-electron chi connectivity index (χ2n) is 14.3. The third-order valence-electron chi connectivity index (χ3n) is 7.55. The second-order valence-corrected chi connectivity index (χ2v) is 14.3. The molecule has 3 amide bonds. The van der Waals surface area contributed by atoms with Gasteiger partial charge in [0.25, 0.3) is 5.91 Å². The molecule has 0 spiro atoms. The first-order valence-electron chi connectivity index (χ1n) is 13.5. The van der Waals surface area contributed by atoms with Gasteiger partial charge in [0, 0.05) is 0 Å². The number of amides is 3. The quantitative estimate of drug-likeness (QED) is 0.379. The second kappa shape index (κ2) is 9.62. The van der Waals surface area contributed by atoms with E-state index in [1.54, 1.807) is 6.92 Å². The number of carbonyl (C=O) groups is 2. The van der Waals surface area contributed by atoms with Gasteiger partial charge in [-0.2, -0.15) is 0 Å². The lowest BCUT2D eigenvalue weighted by Gasteiger charge is -2.29. The van der Waals surface area contributed by atoms with Crippen molar-refractivity contribution in [3.63, 3.8) is 0 Å². The number of nitrogens with zero attached hydrogens (tertiary/aromatic N) is 1. The monoisotopic (exact) mass is 522 g/mol. The number of imide groups is 1. The van der Waals surface area contributed by atoms with E-state index in [2.05, 4.69) is 46.9 Å². The summed E-state index contributed by atoms with van der Waals surface area (Å²) in [7, 11) is 0. The smallest absolute Gasteiger partial charge is 0.325 e. The molecular formula is C32H46N2O4. The number of carbonyl (C=O) groups excluding carboxylic acids is 2. The topological polar surface area (TPSA) is 89.9 Å². The van der Waals surface area contributed by atoms with Gasteiger partial charge in [-0.1, -0.05) is 80.5 Å². The molecule has 1 saturated heterocycles. The molecular weight excluding hydrogens is 476 g/mol. The zero-order valence-corrected chi connectivity index (χ0v) is 25.1. The van der Waals surface area contributed by atoms with Gasteiger partial charge in [0.1, 0.15) is 17.0 Å². The van der Waals surface area contributed by atoms with E-state index in [4.69, 9.17) is 0 Å². The Hall–Kier alpha value is -3.02. The first-order chi connectivity index (χ1) is 17.1. The fourth-order valence-corrected chi connectivity index (χ4v) is 5.14. The molecule has 3 N–H and O–H groups in total. The average Bonchev–Trinajstić information content (AvgIpc) is 2.96. The fourth-order valence-electron chi connectivity index (χ4n) is 5.14. The van der Waals surface area contributed by atoms with E-state index in [1.165, 1.54) is 4.90 Å². The largest absolute Gasteiger partial charge is 0.507 e. The molecule has 0 aliphatic carbocycles. The Bertz CT molecular complexity index is 1220. The molecule has 1 heterocycles. The van der Waals surface area contributed by atoms with Crippen molar-refractivity contribution < 1.29 is 19.8 Å². The highest BCUT2D eigenvalue weighted by molar-refractivity contribution is 6.06. The van der Waals surface area contributed by atoms with Gasteiger partial charge < -0.3 is 15.5 Å². The number of benzene rings is 2. The van der Waals surface area contributed by atoms with Crippen molar-refractivity contribution >= 4 is 11.9 Å². The van der Waals surface area contributed by atoms with E-state index in [1.807, 2.05) is 52.0 Å². The molecule has 1 aliphatic heterocycles. The third-order valence-corrected chi connectivity index (χ3v) is 7.55. The van der Waals surface area contributed by atoms with Crippen molar-refractivity contribution in [1.29, 1.82) is 0 Å². The highest BCUT2D eigenvalue weighted by atomic mass is 16.3. The summed E-state index contributed by atoms with van der Waals surface area (Å²) in [6, 6.07) is 7.37. The van der Waals surface area contributed by atoms with Crippen LogP contribution in [-0.2, 0) is 34.0 Å². The van der Waals surface area contributed by atoms with Crippen LogP contribution in [0.25, 0.3) is 0 Å². The molecule has 6 heteroatoms. The summed E-state index contributed by atoms with van der Waals surface area (Å²) in [5.41, 5.74) is 3.31. The molecule has 6 nitrogen and oxygen atoms in total. The summed E-state index contributed by atoms with van der Waals surface area (Å²) in [6.45, 7) is 22.3. The van der Waals surface area contributed by atoms with Crippen molar-refractivity contribution in [1.82, 2.24) is 10.2 Å². The Kier molecular flexibility index (Phi) is 7.48. The van der Waals surface area contributed by atoms with Crippen LogP contribution in [0.3, 0.4) is 0 Å². The molecule has 1 atom stereocenters. The number of aryl methyl sites for hydroxylation is 2. The van der Waals surface area contributed by atoms with Crippen molar-refractivity contribution in [3.05, 3.63) is 57.6 Å². The Balaban J connectivity index is 1.87. The van der Waals surface area contributed by atoms with E-state index in [0.717, 1.165) is 33.4 Å². The highest BCUT2D eigenvalue weighted by Gasteiger charge is 2.47. The lowest BCUT2D eigenvalue weighted by molar-refractivity contribution is -0.131. The number of rotatable bonds is 5. The van der Waals surface area contributed by atoms with Crippen molar-refractivity contribution in [2.24, 2.45) is 0 Å². The minimum atomic E-state index is -1.03. The van der Waals surface area contributed by atoms with Gasteiger partial charge >= 0.3 is 6.03 Å². The third kappa shape index (κ3) is 5.84. The van der Waals surface area contributed by atoms with Crippen LogP contribution in [0.2, 0.25) is 0 Å². The molecule has 2 aromatic carbocycles. The lowest BCUT2D eigenvalue weighted by atomic mass is 9.77. The maximum atomic E-state index is 13.6. The summed E-state index contributed by atoms with van der Waals surface area (Å²) < 4.78 is 0. The molecule has 1 fully saturated rings. The Labute approximate surface area is 228 Å². The number of hydrogen-bond donors (Lipinski definition) is 3. The normalized spacial score (nSPS) is 18.8. The van der Waals surface area contributed by atoms with Crippen molar-refractivity contribution in [2.45, 2.75) is 117 Å².